The molecule has 106 valence electrons. The van der Waals surface area contributed by atoms with Gasteiger partial charge >= 0.3 is 0 Å². The summed E-state index contributed by atoms with van der Waals surface area (Å²) in [6.07, 6.45) is 2.49. The van der Waals surface area contributed by atoms with Crippen LogP contribution in [0.4, 0.5) is 0 Å². The average Bonchev–Trinajstić information content (AvgIpc) is 2.83. The van der Waals surface area contributed by atoms with E-state index in [0.717, 1.165) is 38.2 Å². The molecule has 1 atom stereocenters. The zero-order chi connectivity index (χ0) is 13.7. The number of ether oxygens (including phenoxy) is 1. The number of hydrogen-bond acceptors (Lipinski definition) is 3. The van der Waals surface area contributed by atoms with Gasteiger partial charge in [-0.2, -0.15) is 0 Å². The molecule has 0 aromatic heterocycles. The van der Waals surface area contributed by atoms with E-state index < -0.39 is 0 Å². The molecule has 1 unspecified atom stereocenters. The standard InChI is InChI=1S/C16H25NO2/c1-12(2)10-17-11-15(18)5-3-13-4-6-16-14(9-13)7-8-19-16/h4,6,9,12,15,17-18H,3,5,7-8,10-11H2,1-2H3. The van der Waals surface area contributed by atoms with Crippen LogP contribution < -0.4 is 10.1 Å². The third-order valence-electron chi connectivity index (χ3n) is 3.45. The first kappa shape index (κ1) is 14.4. The van der Waals surface area contributed by atoms with E-state index in [1.165, 1.54) is 11.1 Å². The molecule has 19 heavy (non-hydrogen) atoms. The van der Waals surface area contributed by atoms with Gasteiger partial charge in [0.05, 0.1) is 12.7 Å². The molecule has 3 nitrogen and oxygen atoms in total. The Bertz CT molecular complexity index is 404. The largest absolute Gasteiger partial charge is 0.493 e. The normalized spacial score (nSPS) is 15.4. The summed E-state index contributed by atoms with van der Waals surface area (Å²) >= 11 is 0. The van der Waals surface area contributed by atoms with Crippen molar-refractivity contribution in [3.63, 3.8) is 0 Å². The number of aliphatic hydroxyl groups excluding tert-OH is 1. The Balaban J connectivity index is 1.73. The van der Waals surface area contributed by atoms with Crippen LogP contribution in [0.2, 0.25) is 0 Å². The number of fused-ring (bicyclic) bond motifs is 1. The number of aryl methyl sites for hydroxylation is 1. The molecule has 2 N–H and O–H groups in total. The van der Waals surface area contributed by atoms with E-state index in [-0.39, 0.29) is 6.10 Å². The average molecular weight is 263 g/mol. The maximum atomic E-state index is 9.93. The molecule has 1 aromatic rings. The van der Waals surface area contributed by atoms with Gasteiger partial charge in [-0.1, -0.05) is 26.0 Å². The van der Waals surface area contributed by atoms with Crippen LogP contribution in [0, 0.1) is 5.92 Å². The van der Waals surface area contributed by atoms with Gasteiger partial charge in [-0.15, -0.1) is 0 Å². The molecule has 1 heterocycles. The molecule has 0 spiro atoms. The first-order valence-electron chi connectivity index (χ1n) is 7.28. The van der Waals surface area contributed by atoms with E-state index in [1.807, 2.05) is 0 Å². The van der Waals surface area contributed by atoms with E-state index in [9.17, 15) is 5.11 Å². The zero-order valence-corrected chi connectivity index (χ0v) is 12.0. The van der Waals surface area contributed by atoms with Crippen LogP contribution in [0.5, 0.6) is 5.75 Å². The minimum atomic E-state index is -0.261. The Hall–Kier alpha value is -1.06. The maximum absolute atomic E-state index is 9.93. The van der Waals surface area contributed by atoms with E-state index in [2.05, 4.69) is 37.4 Å². The van der Waals surface area contributed by atoms with Crippen molar-refractivity contribution in [3.8, 4) is 5.75 Å². The lowest BCUT2D eigenvalue weighted by atomic mass is 10.0. The lowest BCUT2D eigenvalue weighted by Gasteiger charge is -2.13. The molecular formula is C16H25NO2. The first-order chi connectivity index (χ1) is 9.15. The highest BCUT2D eigenvalue weighted by Crippen LogP contribution is 2.26. The monoisotopic (exact) mass is 263 g/mol. The fourth-order valence-electron chi connectivity index (χ4n) is 2.37. The Kier molecular flexibility index (Phi) is 5.23. The summed E-state index contributed by atoms with van der Waals surface area (Å²) < 4.78 is 5.50. The van der Waals surface area contributed by atoms with E-state index in [4.69, 9.17) is 4.74 Å². The highest BCUT2D eigenvalue weighted by atomic mass is 16.5. The van der Waals surface area contributed by atoms with Gasteiger partial charge in [0, 0.05) is 13.0 Å². The second-order valence-corrected chi connectivity index (χ2v) is 5.79. The molecule has 0 saturated carbocycles. The van der Waals surface area contributed by atoms with E-state index in [1.54, 1.807) is 0 Å². The highest BCUT2D eigenvalue weighted by molar-refractivity contribution is 5.39. The second kappa shape index (κ2) is 6.92. The Morgan fingerprint density at radius 2 is 2.16 bits per heavy atom. The van der Waals surface area contributed by atoms with Crippen LogP contribution in [-0.2, 0) is 12.8 Å². The molecule has 3 heteroatoms. The topological polar surface area (TPSA) is 41.5 Å². The van der Waals surface area contributed by atoms with Gasteiger partial charge in [-0.3, -0.25) is 0 Å². The molecule has 1 aliphatic heterocycles. The van der Waals surface area contributed by atoms with Crippen LogP contribution in [0.25, 0.3) is 0 Å². The summed E-state index contributed by atoms with van der Waals surface area (Å²) in [6, 6.07) is 6.38. The Morgan fingerprint density at radius 3 is 2.95 bits per heavy atom. The van der Waals surface area contributed by atoms with Gasteiger partial charge in [0.2, 0.25) is 0 Å². The quantitative estimate of drug-likeness (QED) is 0.792. The molecule has 0 amide bonds. The number of rotatable bonds is 7. The van der Waals surface area contributed by atoms with E-state index in [0.29, 0.717) is 12.5 Å². The predicted octanol–water partition coefficient (Wildman–Crippen LogP) is 2.16. The highest BCUT2D eigenvalue weighted by Gasteiger charge is 2.12. The number of aliphatic hydroxyl groups is 1. The second-order valence-electron chi connectivity index (χ2n) is 5.79. The van der Waals surface area contributed by atoms with Gasteiger partial charge in [-0.25, -0.2) is 0 Å². The van der Waals surface area contributed by atoms with Crippen molar-refractivity contribution in [1.29, 1.82) is 0 Å². The first-order valence-corrected chi connectivity index (χ1v) is 7.28. The summed E-state index contributed by atoms with van der Waals surface area (Å²) in [5.41, 5.74) is 2.61. The molecular weight excluding hydrogens is 238 g/mol. The SMILES string of the molecule is CC(C)CNCC(O)CCc1ccc2c(c1)CCO2. The molecule has 0 radical (unpaired) electrons. The number of hydrogen-bond donors (Lipinski definition) is 2. The van der Waals surface area contributed by atoms with Gasteiger partial charge in [0.1, 0.15) is 5.75 Å². The van der Waals surface area contributed by atoms with Crippen molar-refractivity contribution >= 4 is 0 Å². The Labute approximate surface area is 116 Å². The van der Waals surface area contributed by atoms with Crippen LogP contribution in [0.15, 0.2) is 18.2 Å². The van der Waals surface area contributed by atoms with Gasteiger partial charge in [0.25, 0.3) is 0 Å². The number of nitrogens with one attached hydrogen (secondary N) is 1. The minimum absolute atomic E-state index is 0.261. The molecule has 1 aliphatic rings. The van der Waals surface area contributed by atoms with Crippen molar-refractivity contribution in [2.45, 2.75) is 39.2 Å². The smallest absolute Gasteiger partial charge is 0.122 e. The van der Waals surface area contributed by atoms with Crippen molar-refractivity contribution < 1.29 is 9.84 Å². The van der Waals surface area contributed by atoms with Crippen molar-refractivity contribution in [1.82, 2.24) is 5.32 Å². The van der Waals surface area contributed by atoms with E-state index >= 15 is 0 Å². The summed E-state index contributed by atoms with van der Waals surface area (Å²) in [4.78, 5) is 0. The molecule has 2 rings (SSSR count). The fraction of sp³-hybridized carbons (Fsp3) is 0.625. The van der Waals surface area contributed by atoms with Crippen molar-refractivity contribution in [3.05, 3.63) is 29.3 Å². The van der Waals surface area contributed by atoms with Gasteiger partial charge < -0.3 is 15.2 Å². The summed E-state index contributed by atoms with van der Waals surface area (Å²) in [7, 11) is 0. The van der Waals surface area contributed by atoms with Crippen molar-refractivity contribution in [2.75, 3.05) is 19.7 Å². The third-order valence-corrected chi connectivity index (χ3v) is 3.45. The zero-order valence-electron chi connectivity index (χ0n) is 12.0. The molecule has 0 bridgehead atoms. The lowest BCUT2D eigenvalue weighted by molar-refractivity contribution is 0.161. The molecule has 0 fully saturated rings. The van der Waals surface area contributed by atoms with Crippen LogP contribution in [0.3, 0.4) is 0 Å². The lowest BCUT2D eigenvalue weighted by Crippen LogP contribution is -2.29. The number of benzene rings is 1. The third kappa shape index (κ3) is 4.51. The summed E-state index contributed by atoms with van der Waals surface area (Å²) in [6.45, 7) is 6.80. The van der Waals surface area contributed by atoms with Crippen molar-refractivity contribution in [2.24, 2.45) is 5.92 Å². The summed E-state index contributed by atoms with van der Waals surface area (Å²) in [5.74, 6) is 1.66. The van der Waals surface area contributed by atoms with Crippen LogP contribution >= 0.6 is 0 Å². The van der Waals surface area contributed by atoms with Gasteiger partial charge in [-0.05, 0) is 42.5 Å². The maximum Gasteiger partial charge on any atom is 0.122 e. The molecule has 0 aliphatic carbocycles. The molecule has 1 aromatic carbocycles. The fourth-order valence-corrected chi connectivity index (χ4v) is 2.37. The predicted molar refractivity (Wildman–Crippen MR) is 77.7 cm³/mol. The van der Waals surface area contributed by atoms with Crippen LogP contribution in [-0.4, -0.2) is 30.9 Å². The summed E-state index contributed by atoms with van der Waals surface area (Å²) in [5, 5.41) is 13.2. The minimum Gasteiger partial charge on any atom is -0.493 e. The molecule has 0 saturated heterocycles. The Morgan fingerprint density at radius 1 is 1.32 bits per heavy atom. The van der Waals surface area contributed by atoms with Crippen LogP contribution in [0.1, 0.15) is 31.4 Å². The van der Waals surface area contributed by atoms with Gasteiger partial charge in [0.15, 0.2) is 0 Å².